The Morgan fingerprint density at radius 1 is 1.07 bits per heavy atom. The quantitative estimate of drug-likeness (QED) is 0.496. The normalized spacial score (nSPS) is 26.7. The lowest BCUT2D eigenvalue weighted by Gasteiger charge is -2.42. The average molecular weight is 567 g/mol. The first-order chi connectivity index (χ1) is 20.0. The molecule has 5 heterocycles. The third-order valence-electron chi connectivity index (χ3n) is 10.1. The molecule has 3 aliphatic heterocycles. The van der Waals surface area contributed by atoms with E-state index in [1.165, 1.54) is 12.0 Å². The van der Waals surface area contributed by atoms with Gasteiger partial charge in [0.15, 0.2) is 5.82 Å². The van der Waals surface area contributed by atoms with E-state index < -0.39 is 11.7 Å². The van der Waals surface area contributed by atoms with E-state index in [2.05, 4.69) is 30.5 Å². The number of halogens is 1. The van der Waals surface area contributed by atoms with E-state index in [0.29, 0.717) is 41.9 Å². The van der Waals surface area contributed by atoms with Gasteiger partial charge in [0.1, 0.15) is 17.6 Å². The van der Waals surface area contributed by atoms with Crippen LogP contribution < -0.4 is 21.3 Å². The topological polar surface area (TPSA) is 114 Å². The molecular weight excluding hydrogens is 523 g/mol. The van der Waals surface area contributed by atoms with E-state index in [1.807, 2.05) is 6.20 Å². The molecule has 10 nitrogen and oxygen atoms in total. The van der Waals surface area contributed by atoms with E-state index >= 15 is 4.39 Å². The molecule has 222 valence electrons. The number of amides is 1. The van der Waals surface area contributed by atoms with Crippen LogP contribution >= 0.6 is 0 Å². The summed E-state index contributed by atoms with van der Waals surface area (Å²) in [5, 5.41) is 11.0. The molecule has 2 aromatic rings. The fraction of sp³-hybridized carbons (Fsp3) is 0.700. The number of alkyl halides is 1. The van der Waals surface area contributed by atoms with Crippen LogP contribution in [0.5, 0.6) is 0 Å². The summed E-state index contributed by atoms with van der Waals surface area (Å²) in [6.45, 7) is 5.53. The molecule has 1 unspecified atom stereocenters. The van der Waals surface area contributed by atoms with Gasteiger partial charge in [0.25, 0.3) is 5.91 Å². The minimum Gasteiger partial charge on any atom is -0.381 e. The Kier molecular flexibility index (Phi) is 7.27. The standard InChI is InChI=1S/C30H43FN8O2/c31-24-18-34-28-25(27(32)36-39(28)30(24)9-4-2-1-3-5-10-30)29(40)35-23-17-33-16-22(20-6-7-20)26(23)38-13-11-37(12-14-38)21-8-15-41-19-21/h16-17,20-21,24,34H,1-15,18-19H2,(H2,32,36)(H,35,40)/t21-,24?/m1/s1. The molecule has 0 radical (unpaired) electrons. The fourth-order valence-electron chi connectivity index (χ4n) is 7.61. The predicted molar refractivity (Wildman–Crippen MR) is 157 cm³/mol. The highest BCUT2D eigenvalue weighted by atomic mass is 19.1. The van der Waals surface area contributed by atoms with E-state index in [-0.39, 0.29) is 18.3 Å². The summed E-state index contributed by atoms with van der Waals surface area (Å²) >= 11 is 0. The third-order valence-corrected chi connectivity index (χ3v) is 10.1. The van der Waals surface area contributed by atoms with Crippen LogP contribution in [-0.4, -0.2) is 83.7 Å². The van der Waals surface area contributed by atoms with Crippen molar-refractivity contribution in [3.63, 3.8) is 0 Å². The molecule has 41 heavy (non-hydrogen) atoms. The van der Waals surface area contributed by atoms with Gasteiger partial charge in [-0.25, -0.2) is 9.07 Å². The summed E-state index contributed by atoms with van der Waals surface area (Å²) in [7, 11) is 0. The molecule has 2 saturated carbocycles. The number of aromatic nitrogens is 3. The summed E-state index contributed by atoms with van der Waals surface area (Å²) < 4.78 is 23.0. The Balaban J connectivity index is 1.17. The number of rotatable bonds is 5. The Labute approximate surface area is 241 Å². The van der Waals surface area contributed by atoms with Gasteiger partial charge in [-0.05, 0) is 43.6 Å². The number of piperazine rings is 1. The van der Waals surface area contributed by atoms with Gasteiger partial charge in [0.2, 0.25) is 0 Å². The van der Waals surface area contributed by atoms with Crippen LogP contribution in [0.25, 0.3) is 0 Å². The SMILES string of the molecule is Nc1nn2c(c1C(=O)Nc1cncc(C3CC3)c1N1CCN([C@@H]3CCOC3)CC1)NCC(F)C21CCCCCCC1. The summed E-state index contributed by atoms with van der Waals surface area (Å²) in [5.74, 6) is 0.828. The number of nitrogens with zero attached hydrogens (tertiary/aromatic N) is 5. The number of nitrogens with two attached hydrogens (primary N) is 1. The van der Waals surface area contributed by atoms with Gasteiger partial charge < -0.3 is 26.0 Å². The fourth-order valence-corrected chi connectivity index (χ4v) is 7.61. The smallest absolute Gasteiger partial charge is 0.263 e. The number of anilines is 4. The number of carbonyl (C=O) groups excluding carboxylic acids is 1. The van der Waals surface area contributed by atoms with Crippen molar-refractivity contribution in [1.29, 1.82) is 0 Å². The summed E-state index contributed by atoms with van der Waals surface area (Å²) in [6, 6.07) is 0.505. The van der Waals surface area contributed by atoms with Gasteiger partial charge in [0.05, 0.1) is 29.7 Å². The number of pyridine rings is 1. The zero-order valence-electron chi connectivity index (χ0n) is 23.9. The predicted octanol–water partition coefficient (Wildman–Crippen LogP) is 4.10. The lowest BCUT2D eigenvalue weighted by molar-refractivity contribution is 0.0691. The first-order valence-electron chi connectivity index (χ1n) is 15.7. The van der Waals surface area contributed by atoms with Crippen molar-refractivity contribution in [2.24, 2.45) is 0 Å². The van der Waals surface area contributed by atoms with Crippen molar-refractivity contribution in [2.75, 3.05) is 67.2 Å². The number of fused-ring (bicyclic) bond motifs is 2. The maximum atomic E-state index is 15.6. The second kappa shape index (κ2) is 11.1. The first-order valence-corrected chi connectivity index (χ1v) is 15.7. The minimum atomic E-state index is -1.08. The van der Waals surface area contributed by atoms with Crippen LogP contribution in [0.2, 0.25) is 0 Å². The Morgan fingerprint density at radius 2 is 1.83 bits per heavy atom. The Morgan fingerprint density at radius 3 is 2.54 bits per heavy atom. The number of nitrogens with one attached hydrogen (secondary N) is 2. The maximum absolute atomic E-state index is 15.6. The van der Waals surface area contributed by atoms with E-state index in [1.54, 1.807) is 10.9 Å². The molecule has 7 rings (SSSR count). The molecule has 0 aromatic carbocycles. The average Bonchev–Trinajstić information content (AvgIpc) is 3.54. The Bertz CT molecular complexity index is 1260. The van der Waals surface area contributed by atoms with Crippen LogP contribution in [0.3, 0.4) is 0 Å². The molecule has 4 N–H and O–H groups in total. The highest BCUT2D eigenvalue weighted by Gasteiger charge is 2.47. The minimum absolute atomic E-state index is 0.140. The van der Waals surface area contributed by atoms with Crippen LogP contribution in [0.4, 0.5) is 27.4 Å². The van der Waals surface area contributed by atoms with Crippen LogP contribution in [0, 0.1) is 0 Å². The third kappa shape index (κ3) is 4.94. The largest absolute Gasteiger partial charge is 0.381 e. The zero-order chi connectivity index (χ0) is 28.0. The summed E-state index contributed by atoms with van der Waals surface area (Å²) in [4.78, 5) is 23.4. The molecule has 1 amide bonds. The van der Waals surface area contributed by atoms with Gasteiger partial charge in [-0.2, -0.15) is 5.10 Å². The highest BCUT2D eigenvalue weighted by Crippen LogP contribution is 2.47. The molecule has 0 bridgehead atoms. The number of nitrogen functional groups attached to an aromatic ring is 1. The molecule has 2 atom stereocenters. The van der Waals surface area contributed by atoms with Crippen molar-refractivity contribution in [3.8, 4) is 0 Å². The monoisotopic (exact) mass is 566 g/mol. The molecule has 5 aliphatic rings. The molecule has 2 aliphatic carbocycles. The lowest BCUT2D eigenvalue weighted by atomic mass is 9.79. The van der Waals surface area contributed by atoms with Crippen molar-refractivity contribution in [2.45, 2.75) is 87.9 Å². The van der Waals surface area contributed by atoms with Gasteiger partial charge >= 0.3 is 0 Å². The Hall–Kier alpha value is -2.92. The van der Waals surface area contributed by atoms with E-state index in [0.717, 1.165) is 90.0 Å². The van der Waals surface area contributed by atoms with Crippen LogP contribution in [-0.2, 0) is 10.3 Å². The molecule has 2 saturated heterocycles. The van der Waals surface area contributed by atoms with Crippen molar-refractivity contribution in [1.82, 2.24) is 19.7 Å². The van der Waals surface area contributed by atoms with Crippen molar-refractivity contribution >= 4 is 28.9 Å². The van der Waals surface area contributed by atoms with Gasteiger partial charge in [-0.3, -0.25) is 14.7 Å². The number of ether oxygens (including phenoxy) is 1. The molecule has 11 heteroatoms. The van der Waals surface area contributed by atoms with Gasteiger partial charge in [-0.15, -0.1) is 0 Å². The van der Waals surface area contributed by atoms with Crippen molar-refractivity contribution in [3.05, 3.63) is 23.5 Å². The molecule has 1 spiro atoms. The molecule has 4 fully saturated rings. The summed E-state index contributed by atoms with van der Waals surface area (Å²) in [6.07, 6.45) is 12.7. The van der Waals surface area contributed by atoms with E-state index in [9.17, 15) is 4.79 Å². The number of hydrogen-bond donors (Lipinski definition) is 3. The summed E-state index contributed by atoms with van der Waals surface area (Å²) in [5.41, 5.74) is 8.96. The highest BCUT2D eigenvalue weighted by molar-refractivity contribution is 6.12. The van der Waals surface area contributed by atoms with Crippen LogP contribution in [0.15, 0.2) is 12.4 Å². The molecule has 2 aromatic heterocycles. The maximum Gasteiger partial charge on any atom is 0.263 e. The zero-order valence-corrected chi connectivity index (χ0v) is 23.9. The first kappa shape index (κ1) is 26.9. The van der Waals surface area contributed by atoms with E-state index in [4.69, 9.17) is 10.5 Å². The second-order valence-electron chi connectivity index (χ2n) is 12.6. The van der Waals surface area contributed by atoms with Gasteiger partial charge in [-0.1, -0.05) is 32.1 Å². The van der Waals surface area contributed by atoms with Crippen LogP contribution in [0.1, 0.15) is 86.0 Å². The van der Waals surface area contributed by atoms with Gasteiger partial charge in [0, 0.05) is 51.6 Å². The lowest BCUT2D eigenvalue weighted by Crippen LogP contribution is -2.51. The number of hydrogen-bond acceptors (Lipinski definition) is 8. The van der Waals surface area contributed by atoms with Crippen molar-refractivity contribution < 1.29 is 13.9 Å². The number of carbonyl (C=O) groups is 1. The second-order valence-corrected chi connectivity index (χ2v) is 12.6. The molecular formula is C30H43FN8O2.